The molecule has 0 bridgehead atoms. The van der Waals surface area contributed by atoms with Gasteiger partial charge < -0.3 is 4.74 Å². The Kier molecular flexibility index (Phi) is 4.15. The number of ketones is 1. The highest BCUT2D eigenvalue weighted by atomic mass is 79.9. The van der Waals surface area contributed by atoms with Crippen molar-refractivity contribution < 1.29 is 13.9 Å². The third-order valence-electron chi connectivity index (χ3n) is 4.48. The van der Waals surface area contributed by atoms with E-state index in [9.17, 15) is 9.18 Å². The molecule has 0 aliphatic carbocycles. The Morgan fingerprint density at radius 1 is 1.35 bits per heavy atom. The molecular weight excluding hydrogens is 381 g/mol. The van der Waals surface area contributed by atoms with Crippen LogP contribution < -0.4 is 0 Å². The van der Waals surface area contributed by atoms with Crippen molar-refractivity contribution in [3.8, 4) is 0 Å². The maximum absolute atomic E-state index is 13.6. The van der Waals surface area contributed by atoms with Gasteiger partial charge in [0.05, 0.1) is 22.0 Å². The molecule has 0 saturated carbocycles. The van der Waals surface area contributed by atoms with E-state index in [2.05, 4.69) is 15.9 Å². The molecule has 1 aromatic carbocycles. The van der Waals surface area contributed by atoms with E-state index in [1.54, 1.807) is 12.1 Å². The second kappa shape index (κ2) is 6.15. The first-order valence-corrected chi connectivity index (χ1v) is 9.47. The van der Waals surface area contributed by atoms with Gasteiger partial charge in [-0.15, -0.1) is 0 Å². The van der Waals surface area contributed by atoms with Crippen LogP contribution in [0.15, 0.2) is 38.9 Å². The summed E-state index contributed by atoms with van der Waals surface area (Å²) in [5, 5.41) is 0.168. The average molecular weight is 396 g/mol. The Hall–Kier alpha value is -0.980. The first-order valence-electron chi connectivity index (χ1n) is 7.63. The summed E-state index contributed by atoms with van der Waals surface area (Å²) < 4.78 is 19.4. The van der Waals surface area contributed by atoms with Crippen molar-refractivity contribution in [1.82, 2.24) is 0 Å². The second-order valence-corrected chi connectivity index (χ2v) is 8.03. The largest absolute Gasteiger partial charge is 0.367 e. The molecule has 0 aromatic heterocycles. The van der Waals surface area contributed by atoms with Crippen LogP contribution in [0.1, 0.15) is 24.3 Å². The highest BCUT2D eigenvalue weighted by molar-refractivity contribution is 9.10. The van der Waals surface area contributed by atoms with Crippen LogP contribution in [0.4, 0.5) is 4.39 Å². The van der Waals surface area contributed by atoms with Crippen LogP contribution in [0.3, 0.4) is 0 Å². The number of hydrogen-bond acceptors (Lipinski definition) is 4. The Morgan fingerprint density at radius 3 is 3.04 bits per heavy atom. The molecule has 0 N–H and O–H groups in total. The van der Waals surface area contributed by atoms with Gasteiger partial charge in [-0.3, -0.25) is 9.79 Å². The minimum atomic E-state index is -0.290. The number of thioether (sulfide) groups is 1. The number of hydrogen-bond donors (Lipinski definition) is 0. The molecule has 2 atom stereocenters. The van der Waals surface area contributed by atoms with Gasteiger partial charge in [-0.1, -0.05) is 6.07 Å². The summed E-state index contributed by atoms with van der Waals surface area (Å²) in [6, 6.07) is 5.05. The lowest BCUT2D eigenvalue weighted by Crippen LogP contribution is -2.39. The molecule has 0 radical (unpaired) electrons. The van der Waals surface area contributed by atoms with Crippen molar-refractivity contribution in [2.75, 3.05) is 19.0 Å². The van der Waals surface area contributed by atoms with Crippen LogP contribution in [0.25, 0.3) is 0 Å². The first-order chi connectivity index (χ1) is 11.1. The summed E-state index contributed by atoms with van der Waals surface area (Å²) in [7, 11) is 0. The van der Waals surface area contributed by atoms with Crippen molar-refractivity contribution in [1.29, 1.82) is 0 Å². The van der Waals surface area contributed by atoms with E-state index >= 15 is 0 Å². The Bertz CT molecular complexity index is 746. The van der Waals surface area contributed by atoms with Crippen LogP contribution in [-0.2, 0) is 9.53 Å². The zero-order valence-electron chi connectivity index (χ0n) is 12.4. The predicted molar refractivity (Wildman–Crippen MR) is 92.6 cm³/mol. The second-order valence-electron chi connectivity index (χ2n) is 5.93. The van der Waals surface area contributed by atoms with Crippen molar-refractivity contribution in [3.63, 3.8) is 0 Å². The van der Waals surface area contributed by atoms with Gasteiger partial charge in [-0.2, -0.15) is 11.8 Å². The summed E-state index contributed by atoms with van der Waals surface area (Å²) >= 11 is 5.12. The SMILES string of the molecule is O=C1COCC2=C1C(c1ccc(F)c(Br)c1)C1SCCCC1=N2. The van der Waals surface area contributed by atoms with Crippen molar-refractivity contribution >= 4 is 39.2 Å². The highest BCUT2D eigenvalue weighted by Gasteiger charge is 2.41. The smallest absolute Gasteiger partial charge is 0.187 e. The molecular formula is C17H15BrFNO2S. The zero-order chi connectivity index (χ0) is 16.0. The van der Waals surface area contributed by atoms with Crippen molar-refractivity contribution in [2.45, 2.75) is 24.0 Å². The van der Waals surface area contributed by atoms with E-state index in [0.717, 1.165) is 41.1 Å². The van der Waals surface area contributed by atoms with Gasteiger partial charge in [0, 0.05) is 17.2 Å². The van der Waals surface area contributed by atoms with Crippen LogP contribution in [0.5, 0.6) is 0 Å². The maximum atomic E-state index is 13.6. The number of rotatable bonds is 1. The molecule has 0 spiro atoms. The number of carbonyl (C=O) groups excluding carboxylic acids is 1. The molecule has 23 heavy (non-hydrogen) atoms. The number of carbonyl (C=O) groups is 1. The van der Waals surface area contributed by atoms with Gasteiger partial charge >= 0.3 is 0 Å². The highest BCUT2D eigenvalue weighted by Crippen LogP contribution is 2.45. The lowest BCUT2D eigenvalue weighted by molar-refractivity contribution is -0.121. The molecule has 3 nitrogen and oxygen atoms in total. The number of ether oxygens (including phenoxy) is 1. The summed E-state index contributed by atoms with van der Waals surface area (Å²) in [6.07, 6.45) is 2.07. The average Bonchev–Trinajstić information content (AvgIpc) is 2.56. The number of nitrogens with zero attached hydrogens (tertiary/aromatic N) is 1. The first kappa shape index (κ1) is 15.5. The molecule has 2 unspecified atom stereocenters. The minimum absolute atomic E-state index is 0.00525. The summed E-state index contributed by atoms with van der Waals surface area (Å²) in [5.74, 6) is 0.722. The Morgan fingerprint density at radius 2 is 2.22 bits per heavy atom. The maximum Gasteiger partial charge on any atom is 0.187 e. The molecule has 3 aliphatic rings. The van der Waals surface area contributed by atoms with Gasteiger partial charge in [0.15, 0.2) is 5.78 Å². The monoisotopic (exact) mass is 395 g/mol. The molecule has 1 saturated heterocycles. The van der Waals surface area contributed by atoms with E-state index in [4.69, 9.17) is 9.73 Å². The van der Waals surface area contributed by atoms with Crippen LogP contribution in [0, 0.1) is 5.82 Å². The fourth-order valence-electron chi connectivity index (χ4n) is 3.48. The lowest BCUT2D eigenvalue weighted by atomic mass is 9.79. The van der Waals surface area contributed by atoms with E-state index in [0.29, 0.717) is 11.1 Å². The minimum Gasteiger partial charge on any atom is -0.367 e. The Labute approximate surface area is 146 Å². The summed E-state index contributed by atoms with van der Waals surface area (Å²) in [6.45, 7) is 0.501. The molecule has 6 heteroatoms. The summed E-state index contributed by atoms with van der Waals surface area (Å²) in [4.78, 5) is 17.2. The Balaban J connectivity index is 1.86. The molecule has 120 valence electrons. The molecule has 3 aliphatic heterocycles. The number of fused-ring (bicyclic) bond motifs is 1. The van der Waals surface area contributed by atoms with Crippen molar-refractivity contribution in [3.05, 3.63) is 45.3 Å². The van der Waals surface area contributed by atoms with Gasteiger partial charge in [0.2, 0.25) is 0 Å². The molecule has 1 fully saturated rings. The molecule has 4 rings (SSSR count). The predicted octanol–water partition coefficient (Wildman–Crippen LogP) is 3.88. The number of aliphatic imine (C=N–C) groups is 1. The van der Waals surface area contributed by atoms with Gasteiger partial charge in [0.25, 0.3) is 0 Å². The number of Topliss-reactive ketones (excluding diaryl/α,β-unsaturated/α-hetero) is 1. The van der Waals surface area contributed by atoms with Gasteiger partial charge in [-0.05, 0) is 52.2 Å². The van der Waals surface area contributed by atoms with E-state index in [-0.39, 0.29) is 29.4 Å². The topological polar surface area (TPSA) is 38.7 Å². The fraction of sp³-hybridized carbons (Fsp3) is 0.412. The molecule has 0 amide bonds. The zero-order valence-corrected chi connectivity index (χ0v) is 14.8. The number of benzene rings is 1. The fourth-order valence-corrected chi connectivity index (χ4v) is 5.29. The van der Waals surface area contributed by atoms with Crippen LogP contribution in [0.2, 0.25) is 0 Å². The molecule has 1 aromatic rings. The lowest BCUT2D eigenvalue weighted by Gasteiger charge is -2.38. The van der Waals surface area contributed by atoms with Crippen LogP contribution >= 0.6 is 27.7 Å². The van der Waals surface area contributed by atoms with Gasteiger partial charge in [-0.25, -0.2) is 4.39 Å². The standard InChI is InChI=1S/C17H15BrFNO2S/c18-10-6-9(3-4-11(10)19)15-16-13(7-22-8-14(16)21)20-12-2-1-5-23-17(12)15/h3-4,6,15,17H,1-2,5,7-8H2. The number of halogens is 2. The quantitative estimate of drug-likeness (QED) is 0.724. The van der Waals surface area contributed by atoms with E-state index < -0.39 is 0 Å². The van der Waals surface area contributed by atoms with Crippen molar-refractivity contribution in [2.24, 2.45) is 4.99 Å². The third-order valence-corrected chi connectivity index (χ3v) is 6.52. The normalized spacial score (nSPS) is 27.4. The van der Waals surface area contributed by atoms with Gasteiger partial charge in [0.1, 0.15) is 12.4 Å². The van der Waals surface area contributed by atoms with E-state index in [1.807, 2.05) is 11.8 Å². The van der Waals surface area contributed by atoms with Crippen LogP contribution in [-0.4, -0.2) is 35.7 Å². The summed E-state index contributed by atoms with van der Waals surface area (Å²) in [5.41, 5.74) is 3.63. The van der Waals surface area contributed by atoms with E-state index in [1.165, 1.54) is 6.07 Å². The molecule has 3 heterocycles. The third kappa shape index (κ3) is 2.71.